The van der Waals surface area contributed by atoms with E-state index in [-0.39, 0.29) is 6.04 Å². The van der Waals surface area contributed by atoms with Crippen molar-refractivity contribution >= 4 is 11.3 Å². The molecule has 1 aromatic heterocycles. The fourth-order valence-corrected chi connectivity index (χ4v) is 3.68. The van der Waals surface area contributed by atoms with Crippen LogP contribution in [0.1, 0.15) is 28.3 Å². The van der Waals surface area contributed by atoms with Gasteiger partial charge in [-0.15, -0.1) is 0 Å². The predicted octanol–water partition coefficient (Wildman–Crippen LogP) is 4.37. The highest BCUT2D eigenvalue weighted by molar-refractivity contribution is 7.08. The molecule has 2 N–H and O–H groups in total. The zero-order chi connectivity index (χ0) is 13.5. The van der Waals surface area contributed by atoms with Crippen LogP contribution in [0.3, 0.4) is 0 Å². The van der Waals surface area contributed by atoms with E-state index in [2.05, 4.69) is 59.3 Å². The lowest BCUT2D eigenvalue weighted by Gasteiger charge is -2.12. The molecule has 0 saturated carbocycles. The van der Waals surface area contributed by atoms with Crippen LogP contribution < -0.4 is 5.73 Å². The minimum Gasteiger partial charge on any atom is -0.320 e. The van der Waals surface area contributed by atoms with Crippen molar-refractivity contribution in [3.05, 3.63) is 81.5 Å². The molecule has 0 aliphatic heterocycles. The van der Waals surface area contributed by atoms with E-state index < -0.39 is 0 Å². The van der Waals surface area contributed by atoms with Crippen LogP contribution in [-0.2, 0) is 6.42 Å². The second kappa shape index (κ2) is 4.58. The maximum atomic E-state index is 6.38. The van der Waals surface area contributed by atoms with E-state index in [0.717, 1.165) is 6.42 Å². The van der Waals surface area contributed by atoms with Gasteiger partial charge in [-0.2, -0.15) is 11.3 Å². The number of rotatable bonds is 2. The molecule has 2 heteroatoms. The largest absolute Gasteiger partial charge is 0.320 e. The van der Waals surface area contributed by atoms with Gasteiger partial charge >= 0.3 is 0 Å². The summed E-state index contributed by atoms with van der Waals surface area (Å²) < 4.78 is 0. The molecule has 1 nitrogen and oxygen atoms in total. The van der Waals surface area contributed by atoms with Gasteiger partial charge in [0.05, 0.1) is 6.04 Å². The maximum Gasteiger partial charge on any atom is 0.0560 e. The highest BCUT2D eigenvalue weighted by Gasteiger charge is 2.19. The van der Waals surface area contributed by atoms with Crippen LogP contribution in [0.4, 0.5) is 0 Å². The molecule has 0 amide bonds. The van der Waals surface area contributed by atoms with Crippen LogP contribution in [0.2, 0.25) is 0 Å². The van der Waals surface area contributed by atoms with E-state index in [1.807, 2.05) is 0 Å². The third-order valence-corrected chi connectivity index (χ3v) is 4.79. The van der Waals surface area contributed by atoms with Crippen LogP contribution in [0, 0.1) is 0 Å². The Morgan fingerprint density at radius 3 is 2.60 bits per heavy atom. The number of hydrogen-bond acceptors (Lipinski definition) is 2. The van der Waals surface area contributed by atoms with E-state index in [1.54, 1.807) is 11.3 Å². The lowest BCUT2D eigenvalue weighted by atomic mass is 9.97. The first kappa shape index (κ1) is 11.9. The lowest BCUT2D eigenvalue weighted by Crippen LogP contribution is -2.10. The summed E-state index contributed by atoms with van der Waals surface area (Å²) in [5.74, 6) is 0. The van der Waals surface area contributed by atoms with Gasteiger partial charge in [-0.25, -0.2) is 0 Å². The molecule has 0 saturated heterocycles. The summed E-state index contributed by atoms with van der Waals surface area (Å²) in [7, 11) is 0. The Balaban J connectivity index is 1.80. The molecule has 20 heavy (non-hydrogen) atoms. The molecule has 2 aromatic carbocycles. The van der Waals surface area contributed by atoms with Gasteiger partial charge in [0.1, 0.15) is 0 Å². The van der Waals surface area contributed by atoms with E-state index in [1.165, 1.54) is 33.4 Å². The number of hydrogen-bond donors (Lipinski definition) is 1. The van der Waals surface area contributed by atoms with Gasteiger partial charge in [-0.05, 0) is 62.7 Å². The zero-order valence-corrected chi connectivity index (χ0v) is 11.9. The first-order valence-corrected chi connectivity index (χ1v) is 7.76. The Morgan fingerprint density at radius 1 is 0.900 bits per heavy atom. The van der Waals surface area contributed by atoms with Crippen LogP contribution >= 0.6 is 11.3 Å². The van der Waals surface area contributed by atoms with Gasteiger partial charge in [0, 0.05) is 0 Å². The summed E-state index contributed by atoms with van der Waals surface area (Å²) >= 11 is 1.70. The summed E-state index contributed by atoms with van der Waals surface area (Å²) in [4.78, 5) is 0. The minimum absolute atomic E-state index is 0.0284. The average molecular weight is 277 g/mol. The Morgan fingerprint density at radius 2 is 1.75 bits per heavy atom. The molecule has 4 rings (SSSR count). The summed E-state index contributed by atoms with van der Waals surface area (Å²) in [5.41, 5.74) is 14.3. The van der Waals surface area contributed by atoms with Crippen molar-refractivity contribution in [1.82, 2.24) is 0 Å². The monoisotopic (exact) mass is 277 g/mol. The van der Waals surface area contributed by atoms with Crippen molar-refractivity contribution in [2.24, 2.45) is 5.73 Å². The lowest BCUT2D eigenvalue weighted by molar-refractivity contribution is 0.877. The van der Waals surface area contributed by atoms with Gasteiger partial charge in [-0.3, -0.25) is 0 Å². The molecule has 0 fully saturated rings. The maximum absolute atomic E-state index is 6.38. The molecule has 1 atom stereocenters. The number of fused-ring (bicyclic) bond motifs is 3. The summed E-state index contributed by atoms with van der Waals surface area (Å²) in [6, 6.07) is 17.4. The molecule has 1 aliphatic carbocycles. The Hall–Kier alpha value is -1.90. The molecular weight excluding hydrogens is 262 g/mol. The first-order valence-electron chi connectivity index (χ1n) is 6.82. The van der Waals surface area contributed by atoms with Gasteiger partial charge in [0.15, 0.2) is 0 Å². The third kappa shape index (κ3) is 1.80. The smallest absolute Gasteiger partial charge is 0.0560 e. The van der Waals surface area contributed by atoms with Crippen molar-refractivity contribution in [1.29, 1.82) is 0 Å². The summed E-state index contributed by atoms with van der Waals surface area (Å²) in [5, 5.41) is 4.21. The van der Waals surface area contributed by atoms with Gasteiger partial charge in [0.2, 0.25) is 0 Å². The predicted molar refractivity (Wildman–Crippen MR) is 85.0 cm³/mol. The van der Waals surface area contributed by atoms with Crippen molar-refractivity contribution in [2.45, 2.75) is 12.5 Å². The van der Waals surface area contributed by atoms with Gasteiger partial charge in [0.25, 0.3) is 0 Å². The fourth-order valence-electron chi connectivity index (χ4n) is 2.98. The van der Waals surface area contributed by atoms with Crippen molar-refractivity contribution in [3.63, 3.8) is 0 Å². The molecule has 1 heterocycles. The number of benzene rings is 2. The normalized spacial score (nSPS) is 13.8. The van der Waals surface area contributed by atoms with E-state index >= 15 is 0 Å². The molecule has 1 aliphatic rings. The fraction of sp³-hybridized carbons (Fsp3) is 0.111. The van der Waals surface area contributed by atoms with Crippen LogP contribution in [-0.4, -0.2) is 0 Å². The van der Waals surface area contributed by atoms with Gasteiger partial charge < -0.3 is 5.73 Å². The summed E-state index contributed by atoms with van der Waals surface area (Å²) in [6.07, 6.45) is 1.04. The molecule has 0 bridgehead atoms. The number of nitrogens with two attached hydrogens (primary N) is 1. The highest BCUT2D eigenvalue weighted by Crippen LogP contribution is 2.38. The van der Waals surface area contributed by atoms with E-state index in [9.17, 15) is 0 Å². The van der Waals surface area contributed by atoms with E-state index in [0.29, 0.717) is 0 Å². The molecule has 0 spiro atoms. The third-order valence-electron chi connectivity index (χ3n) is 4.08. The number of thiophene rings is 1. The Kier molecular flexibility index (Phi) is 2.72. The molecule has 98 valence electrons. The Bertz CT molecular complexity index is 759. The van der Waals surface area contributed by atoms with Crippen molar-refractivity contribution in [2.75, 3.05) is 0 Å². The highest BCUT2D eigenvalue weighted by atomic mass is 32.1. The minimum atomic E-state index is -0.0284. The van der Waals surface area contributed by atoms with E-state index in [4.69, 9.17) is 5.73 Å². The molecule has 0 radical (unpaired) electrons. The first-order chi connectivity index (χ1) is 9.83. The Labute approximate surface area is 122 Å². The SMILES string of the molecule is NC(c1ccsc1)c1ccc2c(c1)-c1ccccc1C2. The van der Waals surface area contributed by atoms with Crippen molar-refractivity contribution in [3.8, 4) is 11.1 Å². The second-order valence-corrected chi connectivity index (χ2v) is 6.06. The molecular formula is C18H15NS. The van der Waals surface area contributed by atoms with Gasteiger partial charge in [-0.1, -0.05) is 36.4 Å². The van der Waals surface area contributed by atoms with Crippen LogP contribution in [0.15, 0.2) is 59.3 Å². The molecule has 1 unspecified atom stereocenters. The van der Waals surface area contributed by atoms with Crippen LogP contribution in [0.5, 0.6) is 0 Å². The van der Waals surface area contributed by atoms with Crippen molar-refractivity contribution < 1.29 is 0 Å². The average Bonchev–Trinajstić information content (AvgIpc) is 3.13. The molecule has 3 aromatic rings. The quantitative estimate of drug-likeness (QED) is 0.578. The standard InChI is InChI=1S/C18H15NS/c19-18(15-7-8-20-11-15)14-6-5-13-9-12-3-1-2-4-16(12)17(13)10-14/h1-8,10-11,18H,9,19H2. The topological polar surface area (TPSA) is 26.0 Å². The zero-order valence-electron chi connectivity index (χ0n) is 11.0. The second-order valence-electron chi connectivity index (χ2n) is 5.28. The summed E-state index contributed by atoms with van der Waals surface area (Å²) in [6.45, 7) is 0. The van der Waals surface area contributed by atoms with Crippen LogP contribution in [0.25, 0.3) is 11.1 Å².